The molecule has 0 radical (unpaired) electrons. The minimum Gasteiger partial charge on any atom is -0.364 e. The van der Waals surface area contributed by atoms with Crippen molar-refractivity contribution in [3.8, 4) is 11.3 Å². The molecule has 0 unspecified atom stereocenters. The van der Waals surface area contributed by atoms with Crippen LogP contribution in [0.25, 0.3) is 33.1 Å². The highest BCUT2D eigenvalue weighted by atomic mass is 35.5. The third kappa shape index (κ3) is 2.15. The van der Waals surface area contributed by atoms with Crippen molar-refractivity contribution in [2.75, 3.05) is 0 Å². The average molecular weight is 322 g/mol. The molecule has 112 valence electrons. The predicted octanol–water partition coefficient (Wildman–Crippen LogP) is 4.14. The smallest absolute Gasteiger partial charge is 0.267 e. The van der Waals surface area contributed by atoms with Crippen LogP contribution in [0.5, 0.6) is 0 Å². The highest BCUT2D eigenvalue weighted by molar-refractivity contribution is 6.33. The maximum Gasteiger partial charge on any atom is 0.267 e. The number of nitrogens with one attached hydrogen (secondary N) is 1. The van der Waals surface area contributed by atoms with Gasteiger partial charge in [-0.3, -0.25) is 4.79 Å². The highest BCUT2D eigenvalue weighted by Crippen LogP contribution is 2.35. The average Bonchev–Trinajstić information content (AvgIpc) is 2.93. The number of amides is 1. The maximum absolute atomic E-state index is 11.7. The first-order valence-electron chi connectivity index (χ1n) is 7.11. The molecule has 3 N–H and O–H groups in total. The molecule has 1 amide bonds. The molecule has 0 aliphatic rings. The molecule has 0 saturated heterocycles. The Morgan fingerprint density at radius 2 is 1.78 bits per heavy atom. The molecule has 0 atom stereocenters. The second-order valence-electron chi connectivity index (χ2n) is 5.29. The van der Waals surface area contributed by atoms with E-state index in [1.165, 1.54) is 0 Å². The molecule has 0 spiro atoms. The van der Waals surface area contributed by atoms with Crippen LogP contribution in [0.4, 0.5) is 0 Å². The number of fused-ring (bicyclic) bond motifs is 3. The molecule has 2 aromatic carbocycles. The van der Waals surface area contributed by atoms with Gasteiger partial charge >= 0.3 is 0 Å². The van der Waals surface area contributed by atoms with E-state index in [1.807, 2.05) is 42.5 Å². The third-order valence-corrected chi connectivity index (χ3v) is 4.21. The lowest BCUT2D eigenvalue weighted by Gasteiger charge is -2.07. The van der Waals surface area contributed by atoms with E-state index in [-0.39, 0.29) is 5.69 Å². The number of H-pyrrole nitrogens is 1. The van der Waals surface area contributed by atoms with Crippen molar-refractivity contribution in [1.82, 2.24) is 9.97 Å². The van der Waals surface area contributed by atoms with Crippen LogP contribution >= 0.6 is 11.6 Å². The van der Waals surface area contributed by atoms with E-state index in [2.05, 4.69) is 9.97 Å². The Kier molecular flexibility index (Phi) is 3.06. The number of primary amides is 1. The van der Waals surface area contributed by atoms with Gasteiger partial charge < -0.3 is 10.7 Å². The first kappa shape index (κ1) is 13.8. The lowest BCUT2D eigenvalue weighted by molar-refractivity contribution is 0.0996. The SMILES string of the molecule is NC(=O)c1cc2c([nH]c3ccccc32)c(-c2ccccc2Cl)n1. The Balaban J connectivity index is 2.17. The van der Waals surface area contributed by atoms with Gasteiger partial charge in [-0.15, -0.1) is 0 Å². The fraction of sp³-hybridized carbons (Fsp3) is 0. The molecule has 2 aromatic heterocycles. The second kappa shape index (κ2) is 5.11. The first-order chi connectivity index (χ1) is 11.1. The van der Waals surface area contributed by atoms with Crippen LogP contribution in [0.2, 0.25) is 5.02 Å². The minimum atomic E-state index is -0.564. The van der Waals surface area contributed by atoms with Crippen molar-refractivity contribution in [2.24, 2.45) is 5.73 Å². The quantitative estimate of drug-likeness (QED) is 0.582. The van der Waals surface area contributed by atoms with Gasteiger partial charge in [0.15, 0.2) is 0 Å². The number of nitrogens with zero attached hydrogens (tertiary/aromatic N) is 1. The van der Waals surface area contributed by atoms with E-state index in [1.54, 1.807) is 12.1 Å². The molecular formula is C18H12ClN3O. The van der Waals surface area contributed by atoms with Gasteiger partial charge in [-0.2, -0.15) is 0 Å². The maximum atomic E-state index is 11.7. The monoisotopic (exact) mass is 321 g/mol. The number of pyridine rings is 1. The van der Waals surface area contributed by atoms with E-state index >= 15 is 0 Å². The van der Waals surface area contributed by atoms with Crippen molar-refractivity contribution in [2.45, 2.75) is 0 Å². The topological polar surface area (TPSA) is 71.8 Å². The largest absolute Gasteiger partial charge is 0.364 e. The molecule has 4 nitrogen and oxygen atoms in total. The molecule has 0 fully saturated rings. The number of rotatable bonds is 2. The number of carbonyl (C=O) groups excluding carboxylic acids is 1. The number of para-hydroxylation sites is 1. The summed E-state index contributed by atoms with van der Waals surface area (Å²) in [6, 6.07) is 17.0. The molecule has 0 aliphatic heterocycles. The number of carbonyl (C=O) groups is 1. The van der Waals surface area contributed by atoms with E-state index < -0.39 is 5.91 Å². The van der Waals surface area contributed by atoms with Crippen LogP contribution in [0.1, 0.15) is 10.5 Å². The Labute approximate surface area is 136 Å². The highest BCUT2D eigenvalue weighted by Gasteiger charge is 2.16. The van der Waals surface area contributed by atoms with Crippen molar-refractivity contribution < 1.29 is 4.79 Å². The number of hydrogen-bond donors (Lipinski definition) is 2. The lowest BCUT2D eigenvalue weighted by Crippen LogP contribution is -2.13. The van der Waals surface area contributed by atoms with Crippen LogP contribution in [-0.2, 0) is 0 Å². The third-order valence-electron chi connectivity index (χ3n) is 3.88. The molecular weight excluding hydrogens is 310 g/mol. The van der Waals surface area contributed by atoms with Crippen molar-refractivity contribution in [3.05, 3.63) is 65.3 Å². The molecule has 5 heteroatoms. The van der Waals surface area contributed by atoms with Gasteiger partial charge in [-0.1, -0.05) is 48.0 Å². The summed E-state index contributed by atoms with van der Waals surface area (Å²) in [6.07, 6.45) is 0. The van der Waals surface area contributed by atoms with Gasteiger partial charge in [0.1, 0.15) is 5.69 Å². The van der Waals surface area contributed by atoms with Crippen LogP contribution in [-0.4, -0.2) is 15.9 Å². The van der Waals surface area contributed by atoms with Crippen LogP contribution < -0.4 is 5.73 Å². The number of aromatic amines is 1. The summed E-state index contributed by atoms with van der Waals surface area (Å²) >= 11 is 6.32. The summed E-state index contributed by atoms with van der Waals surface area (Å²) in [5.74, 6) is -0.564. The molecule has 2 heterocycles. The molecule has 23 heavy (non-hydrogen) atoms. The summed E-state index contributed by atoms with van der Waals surface area (Å²) in [6.45, 7) is 0. The predicted molar refractivity (Wildman–Crippen MR) is 92.6 cm³/mol. The van der Waals surface area contributed by atoms with Crippen LogP contribution in [0, 0.1) is 0 Å². The van der Waals surface area contributed by atoms with Crippen molar-refractivity contribution in [1.29, 1.82) is 0 Å². The second-order valence-corrected chi connectivity index (χ2v) is 5.70. The van der Waals surface area contributed by atoms with Crippen LogP contribution in [0.3, 0.4) is 0 Å². The zero-order chi connectivity index (χ0) is 16.0. The molecule has 4 aromatic rings. The minimum absolute atomic E-state index is 0.220. The summed E-state index contributed by atoms with van der Waals surface area (Å²) in [5.41, 5.74) is 8.87. The van der Waals surface area contributed by atoms with Crippen molar-refractivity contribution >= 4 is 39.3 Å². The fourth-order valence-corrected chi connectivity index (χ4v) is 3.05. The molecule has 0 saturated carbocycles. The fourth-order valence-electron chi connectivity index (χ4n) is 2.82. The number of halogens is 1. The van der Waals surface area contributed by atoms with Gasteiger partial charge in [0.05, 0.1) is 16.2 Å². The zero-order valence-electron chi connectivity index (χ0n) is 12.0. The Hall–Kier alpha value is -2.85. The van der Waals surface area contributed by atoms with Gasteiger partial charge in [-0.25, -0.2) is 4.98 Å². The van der Waals surface area contributed by atoms with Crippen LogP contribution in [0.15, 0.2) is 54.6 Å². The van der Waals surface area contributed by atoms with E-state index in [0.717, 1.165) is 27.4 Å². The van der Waals surface area contributed by atoms with Crippen molar-refractivity contribution in [3.63, 3.8) is 0 Å². The zero-order valence-corrected chi connectivity index (χ0v) is 12.8. The normalized spacial score (nSPS) is 11.2. The Bertz CT molecular complexity index is 1070. The standard InChI is InChI=1S/C18H12ClN3O/c19-13-7-3-1-6-11(13)16-17-12(9-15(22-16)18(20)23)10-5-2-4-8-14(10)21-17/h1-9,21H,(H2,20,23). The summed E-state index contributed by atoms with van der Waals surface area (Å²) in [4.78, 5) is 19.5. The Morgan fingerprint density at radius 3 is 2.57 bits per heavy atom. The summed E-state index contributed by atoms with van der Waals surface area (Å²) in [5, 5.41) is 2.49. The number of aromatic nitrogens is 2. The molecule has 0 aliphatic carbocycles. The summed E-state index contributed by atoms with van der Waals surface area (Å²) in [7, 11) is 0. The molecule has 0 bridgehead atoms. The lowest BCUT2D eigenvalue weighted by atomic mass is 10.1. The number of nitrogens with two attached hydrogens (primary N) is 1. The van der Waals surface area contributed by atoms with E-state index in [9.17, 15) is 4.79 Å². The number of benzene rings is 2. The molecule has 4 rings (SSSR count). The summed E-state index contributed by atoms with van der Waals surface area (Å²) < 4.78 is 0. The number of hydrogen-bond acceptors (Lipinski definition) is 2. The van der Waals surface area contributed by atoms with Gasteiger partial charge in [-0.05, 0) is 18.2 Å². The van der Waals surface area contributed by atoms with E-state index in [4.69, 9.17) is 17.3 Å². The van der Waals surface area contributed by atoms with Gasteiger partial charge in [0.25, 0.3) is 5.91 Å². The van der Waals surface area contributed by atoms with Gasteiger partial charge in [0.2, 0.25) is 0 Å². The van der Waals surface area contributed by atoms with E-state index in [0.29, 0.717) is 10.7 Å². The van der Waals surface area contributed by atoms with Gasteiger partial charge in [0, 0.05) is 21.9 Å². The Morgan fingerprint density at radius 1 is 1.04 bits per heavy atom. The first-order valence-corrected chi connectivity index (χ1v) is 7.49.